The number of nitrogens with zero attached hydrogens (tertiary/aromatic N) is 1. The molecule has 0 radical (unpaired) electrons. The first-order valence-corrected chi connectivity index (χ1v) is 9.68. The summed E-state index contributed by atoms with van der Waals surface area (Å²) < 4.78 is 41.7. The zero-order valence-electron chi connectivity index (χ0n) is 15.4. The summed E-state index contributed by atoms with van der Waals surface area (Å²) in [5.74, 6) is -1.43. The van der Waals surface area contributed by atoms with Crippen LogP contribution in [0, 0.1) is 0 Å². The first-order chi connectivity index (χ1) is 12.9. The Bertz CT molecular complexity index is 831. The third-order valence-corrected chi connectivity index (χ3v) is 5.31. The van der Waals surface area contributed by atoms with Gasteiger partial charge in [0.25, 0.3) is 0 Å². The predicted molar refractivity (Wildman–Crippen MR) is 96.3 cm³/mol. The van der Waals surface area contributed by atoms with Crippen LogP contribution in [0.2, 0.25) is 0 Å². The van der Waals surface area contributed by atoms with Crippen LogP contribution >= 0.6 is 0 Å². The Hall–Kier alpha value is -2.43. The van der Waals surface area contributed by atoms with Gasteiger partial charge in [-0.05, 0) is 30.7 Å². The molecule has 1 N–H and O–H groups in total. The Balaban J connectivity index is 2.41. The minimum Gasteiger partial charge on any atom is -0.466 e. The van der Waals surface area contributed by atoms with Gasteiger partial charge in [-0.3, -0.25) is 0 Å². The minimum atomic E-state index is -3.61. The number of sulfonamides is 1. The fraction of sp³-hybridized carbons (Fsp3) is 0.412. The number of hydrogen-bond acceptors (Lipinski definition) is 8. The van der Waals surface area contributed by atoms with Crippen LogP contribution < -0.4 is 9.62 Å². The molecule has 1 aliphatic heterocycles. The minimum absolute atomic E-state index is 0.00434. The molecule has 0 aliphatic carbocycles. The predicted octanol–water partition coefficient (Wildman–Crippen LogP) is 0.769. The molecule has 2 rings (SSSR count). The van der Waals surface area contributed by atoms with Gasteiger partial charge in [-0.1, -0.05) is 6.92 Å². The highest BCUT2D eigenvalue weighted by Crippen LogP contribution is 2.27. The molecule has 27 heavy (non-hydrogen) atoms. The first kappa shape index (κ1) is 20.9. The lowest BCUT2D eigenvalue weighted by Crippen LogP contribution is -2.38. The van der Waals surface area contributed by atoms with Crippen LogP contribution in [0.15, 0.2) is 40.4 Å². The summed E-state index contributed by atoms with van der Waals surface area (Å²) in [4.78, 5) is 25.7. The van der Waals surface area contributed by atoms with Crippen molar-refractivity contribution < 1.29 is 32.2 Å². The summed E-state index contributed by atoms with van der Waals surface area (Å²) in [5.41, 5.74) is 0.484. The summed E-state index contributed by atoms with van der Waals surface area (Å²) in [6.07, 6.45) is 0.673. The molecule has 0 atom stereocenters. The van der Waals surface area contributed by atoms with Crippen LogP contribution in [0.4, 0.5) is 5.69 Å². The van der Waals surface area contributed by atoms with Gasteiger partial charge < -0.3 is 19.1 Å². The zero-order chi connectivity index (χ0) is 20.0. The fourth-order valence-electron chi connectivity index (χ4n) is 2.47. The van der Waals surface area contributed by atoms with Crippen molar-refractivity contribution in [2.24, 2.45) is 0 Å². The Morgan fingerprint density at radius 1 is 1.15 bits per heavy atom. The average molecular weight is 398 g/mol. The third kappa shape index (κ3) is 4.65. The fourth-order valence-corrected chi connectivity index (χ4v) is 3.61. The Labute approximate surface area is 157 Å². The molecule has 0 saturated heterocycles. The van der Waals surface area contributed by atoms with Gasteiger partial charge >= 0.3 is 11.9 Å². The molecule has 0 amide bonds. The van der Waals surface area contributed by atoms with Crippen LogP contribution in [0.5, 0.6) is 0 Å². The zero-order valence-corrected chi connectivity index (χ0v) is 16.2. The number of hydrogen-bond donors (Lipinski definition) is 1. The van der Waals surface area contributed by atoms with E-state index in [0.29, 0.717) is 18.7 Å². The summed E-state index contributed by atoms with van der Waals surface area (Å²) in [6, 6.07) is 5.86. The lowest BCUT2D eigenvalue weighted by molar-refractivity contribution is -0.140. The summed E-state index contributed by atoms with van der Waals surface area (Å²) in [7, 11) is -1.21. The van der Waals surface area contributed by atoms with Gasteiger partial charge in [-0.15, -0.1) is 0 Å². The highest BCUT2D eigenvalue weighted by atomic mass is 32.2. The van der Waals surface area contributed by atoms with E-state index in [1.807, 2.05) is 6.92 Å². The Kier molecular flexibility index (Phi) is 6.94. The highest BCUT2D eigenvalue weighted by Gasteiger charge is 2.32. The third-order valence-electron chi connectivity index (χ3n) is 3.83. The van der Waals surface area contributed by atoms with E-state index in [9.17, 15) is 18.0 Å². The number of esters is 2. The van der Waals surface area contributed by atoms with Crippen molar-refractivity contribution in [2.45, 2.75) is 18.2 Å². The molecule has 0 aromatic heterocycles. The second-order valence-corrected chi connectivity index (χ2v) is 7.37. The van der Waals surface area contributed by atoms with E-state index >= 15 is 0 Å². The number of carbonyl (C=O) groups excluding carboxylic acids is 2. The lowest BCUT2D eigenvalue weighted by Gasteiger charge is -2.31. The van der Waals surface area contributed by atoms with Crippen molar-refractivity contribution in [2.75, 3.05) is 39.0 Å². The molecule has 0 saturated carbocycles. The normalized spacial score (nSPS) is 14.9. The maximum atomic E-state index is 12.2. The van der Waals surface area contributed by atoms with Gasteiger partial charge in [0.2, 0.25) is 10.0 Å². The van der Waals surface area contributed by atoms with Gasteiger partial charge in [-0.2, -0.15) is 0 Å². The molecule has 1 heterocycles. The maximum absolute atomic E-state index is 12.2. The number of methoxy groups -OCH3 is 2. The topological polar surface area (TPSA) is 111 Å². The Morgan fingerprint density at radius 3 is 2.33 bits per heavy atom. The largest absolute Gasteiger partial charge is 0.466 e. The molecular formula is C17H22N2O7S. The summed E-state index contributed by atoms with van der Waals surface area (Å²) in [5, 5.41) is 0. The quantitative estimate of drug-likeness (QED) is 0.671. The van der Waals surface area contributed by atoms with E-state index in [4.69, 9.17) is 14.2 Å². The van der Waals surface area contributed by atoms with E-state index in [1.54, 1.807) is 0 Å². The van der Waals surface area contributed by atoms with Crippen molar-refractivity contribution >= 4 is 27.6 Å². The number of benzene rings is 1. The van der Waals surface area contributed by atoms with Gasteiger partial charge in [0.05, 0.1) is 31.3 Å². The average Bonchev–Trinajstić information content (AvgIpc) is 2.70. The van der Waals surface area contributed by atoms with Crippen molar-refractivity contribution in [3.05, 3.63) is 35.5 Å². The van der Waals surface area contributed by atoms with E-state index < -0.39 is 22.0 Å². The number of rotatable bonds is 7. The molecule has 1 aromatic rings. The van der Waals surface area contributed by atoms with Gasteiger partial charge in [0.15, 0.2) is 0 Å². The molecular weight excluding hydrogens is 376 g/mol. The molecule has 0 fully saturated rings. The van der Waals surface area contributed by atoms with Crippen LogP contribution in [0.25, 0.3) is 0 Å². The molecule has 0 spiro atoms. The van der Waals surface area contributed by atoms with Crippen molar-refractivity contribution in [1.82, 2.24) is 4.72 Å². The van der Waals surface area contributed by atoms with E-state index in [1.165, 1.54) is 43.4 Å². The number of ether oxygens (including phenoxy) is 3. The Morgan fingerprint density at radius 2 is 1.78 bits per heavy atom. The molecule has 1 aliphatic rings. The van der Waals surface area contributed by atoms with E-state index in [-0.39, 0.29) is 29.5 Å². The van der Waals surface area contributed by atoms with Crippen LogP contribution in [-0.4, -0.2) is 54.5 Å². The smallest absolute Gasteiger partial charge is 0.355 e. The second kappa shape index (κ2) is 8.98. The van der Waals surface area contributed by atoms with Crippen molar-refractivity contribution in [1.29, 1.82) is 0 Å². The lowest BCUT2D eigenvalue weighted by atomic mass is 10.1. The first-order valence-electron chi connectivity index (χ1n) is 8.20. The van der Waals surface area contributed by atoms with Crippen LogP contribution in [0.1, 0.15) is 13.3 Å². The van der Waals surface area contributed by atoms with E-state index in [2.05, 4.69) is 4.72 Å². The van der Waals surface area contributed by atoms with Gasteiger partial charge in [0.1, 0.15) is 12.4 Å². The maximum Gasteiger partial charge on any atom is 0.355 e. The van der Waals surface area contributed by atoms with Gasteiger partial charge in [-0.25, -0.2) is 22.7 Å². The molecule has 1 aromatic carbocycles. The number of anilines is 1. The molecule has 0 bridgehead atoms. The standard InChI is InChI=1S/C17H22N2O7S/c1-4-9-18-27(22,23)13-7-5-12(6-8-13)19-11-26-10-14(16(20)24-2)15(19)17(21)25-3/h5-8,18H,4,9-11H2,1-3H3. The highest BCUT2D eigenvalue weighted by molar-refractivity contribution is 7.89. The molecule has 10 heteroatoms. The number of nitrogens with one attached hydrogen (secondary N) is 1. The van der Waals surface area contributed by atoms with Crippen molar-refractivity contribution in [3.8, 4) is 0 Å². The van der Waals surface area contributed by atoms with Crippen LogP contribution in [-0.2, 0) is 33.8 Å². The second-order valence-electron chi connectivity index (χ2n) is 5.61. The SMILES string of the molecule is CCCNS(=O)(=O)c1ccc(N2COCC(C(=O)OC)=C2C(=O)OC)cc1. The van der Waals surface area contributed by atoms with Crippen LogP contribution in [0.3, 0.4) is 0 Å². The molecule has 0 unspecified atom stereocenters. The summed E-state index contributed by atoms with van der Waals surface area (Å²) >= 11 is 0. The summed E-state index contributed by atoms with van der Waals surface area (Å²) in [6.45, 7) is 2.09. The molecule has 9 nitrogen and oxygen atoms in total. The number of carbonyl (C=O) groups is 2. The monoisotopic (exact) mass is 398 g/mol. The van der Waals surface area contributed by atoms with Crippen molar-refractivity contribution in [3.63, 3.8) is 0 Å². The van der Waals surface area contributed by atoms with Gasteiger partial charge in [0, 0.05) is 12.2 Å². The molecule has 148 valence electrons. The van der Waals surface area contributed by atoms with E-state index in [0.717, 1.165) is 0 Å².